The third kappa shape index (κ3) is 4.81. The number of hydrogen-bond acceptors (Lipinski definition) is 3. The number of benzene rings is 3. The zero-order chi connectivity index (χ0) is 25.4. The zero-order valence-corrected chi connectivity index (χ0v) is 19.8. The molecule has 1 heterocycles. The van der Waals surface area contributed by atoms with Crippen molar-refractivity contribution in [3.63, 3.8) is 0 Å². The first-order chi connectivity index (χ1) is 16.5. The van der Waals surface area contributed by atoms with E-state index in [4.69, 9.17) is 11.6 Å². The molecular weight excluding hydrogens is 481 g/mol. The second-order valence-electron chi connectivity index (χ2n) is 8.41. The van der Waals surface area contributed by atoms with Gasteiger partial charge in [-0.2, -0.15) is 0 Å². The van der Waals surface area contributed by atoms with E-state index in [9.17, 15) is 23.1 Å². The Bertz CT molecular complexity index is 1200. The topological polar surface area (TPSA) is 53.0 Å². The highest BCUT2D eigenvalue weighted by Crippen LogP contribution is 2.47. The molecule has 1 fully saturated rings. The van der Waals surface area contributed by atoms with E-state index in [-0.39, 0.29) is 5.56 Å². The third-order valence-electron chi connectivity index (χ3n) is 5.97. The van der Waals surface area contributed by atoms with E-state index in [1.165, 1.54) is 21.9 Å². The molecule has 35 heavy (non-hydrogen) atoms. The molecular formula is C26H24ClF3N2O3. The second kappa shape index (κ2) is 9.43. The zero-order valence-electron chi connectivity index (χ0n) is 19.1. The minimum atomic E-state index is -4.90. The van der Waals surface area contributed by atoms with Crippen LogP contribution in [0.3, 0.4) is 0 Å². The number of carbonyl (C=O) groups is 1. The van der Waals surface area contributed by atoms with Gasteiger partial charge in [0.1, 0.15) is 5.75 Å². The molecule has 184 valence electrons. The van der Waals surface area contributed by atoms with E-state index in [0.717, 1.165) is 17.7 Å². The molecule has 3 aromatic rings. The fourth-order valence-corrected chi connectivity index (χ4v) is 4.58. The molecule has 0 spiro atoms. The lowest BCUT2D eigenvalue weighted by Gasteiger charge is -2.37. The van der Waals surface area contributed by atoms with E-state index >= 15 is 0 Å². The van der Waals surface area contributed by atoms with Crippen molar-refractivity contribution in [3.05, 3.63) is 88.9 Å². The molecule has 2 amide bonds. The van der Waals surface area contributed by atoms with Crippen molar-refractivity contribution in [2.24, 2.45) is 0 Å². The van der Waals surface area contributed by atoms with Gasteiger partial charge < -0.3 is 9.84 Å². The number of aryl methyl sites for hydroxylation is 1. The number of ether oxygens (including phenoxy) is 1. The number of amides is 2. The summed E-state index contributed by atoms with van der Waals surface area (Å²) in [5.74, 6) is -0.490. The summed E-state index contributed by atoms with van der Waals surface area (Å²) in [6, 6.07) is 17.4. The lowest BCUT2D eigenvalue weighted by Crippen LogP contribution is -2.49. The number of alkyl halides is 3. The highest BCUT2D eigenvalue weighted by atomic mass is 35.5. The van der Waals surface area contributed by atoms with Gasteiger partial charge in [-0.15, -0.1) is 13.2 Å². The number of urea groups is 1. The molecule has 1 aliphatic rings. The van der Waals surface area contributed by atoms with Crippen LogP contribution in [0.4, 0.5) is 29.3 Å². The largest absolute Gasteiger partial charge is 0.573 e. The monoisotopic (exact) mass is 504 g/mol. The van der Waals surface area contributed by atoms with Crippen molar-refractivity contribution in [3.8, 4) is 5.75 Å². The van der Waals surface area contributed by atoms with Gasteiger partial charge in [0, 0.05) is 22.0 Å². The van der Waals surface area contributed by atoms with Crippen LogP contribution in [0.25, 0.3) is 0 Å². The van der Waals surface area contributed by atoms with Crippen LogP contribution in [0.2, 0.25) is 5.02 Å². The van der Waals surface area contributed by atoms with Gasteiger partial charge in [-0.1, -0.05) is 54.8 Å². The maximum absolute atomic E-state index is 13.9. The fraction of sp³-hybridized carbons (Fsp3) is 0.269. The van der Waals surface area contributed by atoms with Crippen molar-refractivity contribution in [1.82, 2.24) is 0 Å². The van der Waals surface area contributed by atoms with E-state index in [0.29, 0.717) is 29.2 Å². The third-order valence-corrected chi connectivity index (χ3v) is 6.22. The van der Waals surface area contributed by atoms with Crippen LogP contribution in [0, 0.1) is 6.92 Å². The van der Waals surface area contributed by atoms with E-state index in [1.54, 1.807) is 36.4 Å². The number of hydrogen-bond donors (Lipinski definition) is 1. The van der Waals surface area contributed by atoms with Gasteiger partial charge in [-0.25, -0.2) is 4.79 Å². The Morgan fingerprint density at radius 3 is 2.26 bits per heavy atom. The van der Waals surface area contributed by atoms with Crippen LogP contribution in [-0.2, 0) is 5.72 Å². The van der Waals surface area contributed by atoms with Gasteiger partial charge in [0.05, 0.1) is 6.04 Å². The average Bonchev–Trinajstić information content (AvgIpc) is 3.02. The highest BCUT2D eigenvalue weighted by molar-refractivity contribution is 6.30. The van der Waals surface area contributed by atoms with Gasteiger partial charge in [0.15, 0.2) is 5.72 Å². The molecule has 5 nitrogen and oxygen atoms in total. The van der Waals surface area contributed by atoms with Crippen molar-refractivity contribution in [1.29, 1.82) is 0 Å². The Morgan fingerprint density at radius 2 is 1.66 bits per heavy atom. The Morgan fingerprint density at radius 1 is 1.03 bits per heavy atom. The summed E-state index contributed by atoms with van der Waals surface area (Å²) < 4.78 is 42.9. The summed E-state index contributed by atoms with van der Waals surface area (Å²) in [6.45, 7) is 3.83. The first-order valence-corrected chi connectivity index (χ1v) is 11.5. The van der Waals surface area contributed by atoms with Crippen LogP contribution in [0.5, 0.6) is 5.75 Å². The Balaban J connectivity index is 1.92. The van der Waals surface area contributed by atoms with Gasteiger partial charge in [0.25, 0.3) is 0 Å². The second-order valence-corrected chi connectivity index (χ2v) is 8.84. The van der Waals surface area contributed by atoms with Gasteiger partial charge >= 0.3 is 12.4 Å². The summed E-state index contributed by atoms with van der Waals surface area (Å²) in [4.78, 5) is 16.6. The molecule has 9 heteroatoms. The molecule has 0 saturated carbocycles. The molecule has 2 unspecified atom stereocenters. The maximum Gasteiger partial charge on any atom is 0.573 e. The Kier molecular flexibility index (Phi) is 6.71. The Labute approximate surface area is 206 Å². The molecule has 4 rings (SSSR count). The minimum absolute atomic E-state index is 0.0932. The number of rotatable bonds is 6. The summed E-state index contributed by atoms with van der Waals surface area (Å²) in [6.07, 6.45) is -3.92. The summed E-state index contributed by atoms with van der Waals surface area (Å²) >= 11 is 6.04. The SMILES string of the molecule is CCCC1N(c2ccc(C)cc2)C(=O)N(c2ccc(Cl)cc2)C1(O)c1cccc(OC(F)(F)F)c1. The van der Waals surface area contributed by atoms with Crippen LogP contribution < -0.4 is 14.5 Å². The van der Waals surface area contributed by atoms with Crippen molar-refractivity contribution in [2.75, 3.05) is 9.80 Å². The quantitative estimate of drug-likeness (QED) is 0.393. The van der Waals surface area contributed by atoms with Gasteiger partial charge in [-0.3, -0.25) is 9.80 Å². The number of anilines is 2. The number of halogens is 4. The molecule has 0 aromatic heterocycles. The minimum Gasteiger partial charge on any atom is -0.406 e. The lowest BCUT2D eigenvalue weighted by atomic mass is 9.90. The van der Waals surface area contributed by atoms with Crippen LogP contribution >= 0.6 is 11.6 Å². The highest BCUT2D eigenvalue weighted by Gasteiger charge is 2.58. The van der Waals surface area contributed by atoms with Gasteiger partial charge in [-0.05, 0) is 61.9 Å². The van der Waals surface area contributed by atoms with Crippen LogP contribution in [0.15, 0.2) is 72.8 Å². The van der Waals surface area contributed by atoms with Gasteiger partial charge in [0.2, 0.25) is 0 Å². The standard InChI is InChI=1S/C26H24ClF3N2O3/c1-3-5-23-25(34,18-6-4-7-22(16-18)35-26(28,29)30)32(21-14-10-19(27)11-15-21)24(33)31(23)20-12-8-17(2)9-13-20/h4,6-16,23,34H,3,5H2,1-2H3. The molecule has 0 bridgehead atoms. The van der Waals surface area contributed by atoms with Crippen molar-refractivity contribution >= 4 is 29.0 Å². The smallest absolute Gasteiger partial charge is 0.406 e. The molecule has 0 radical (unpaired) electrons. The average molecular weight is 505 g/mol. The van der Waals surface area contributed by atoms with E-state index in [2.05, 4.69) is 4.74 Å². The molecule has 1 saturated heterocycles. The molecule has 1 N–H and O–H groups in total. The van der Waals surface area contributed by atoms with E-state index in [1.807, 2.05) is 26.0 Å². The molecule has 2 atom stereocenters. The summed E-state index contributed by atoms with van der Waals surface area (Å²) in [5.41, 5.74) is -0.00203. The normalized spacial score (nSPS) is 20.4. The number of aliphatic hydroxyl groups is 1. The number of nitrogens with zero attached hydrogens (tertiary/aromatic N) is 2. The molecule has 1 aliphatic heterocycles. The van der Waals surface area contributed by atoms with E-state index < -0.39 is 29.9 Å². The molecule has 3 aromatic carbocycles. The fourth-order valence-electron chi connectivity index (χ4n) is 4.46. The van der Waals surface area contributed by atoms with Crippen LogP contribution in [-0.4, -0.2) is 23.5 Å². The molecule has 0 aliphatic carbocycles. The predicted molar refractivity (Wildman–Crippen MR) is 129 cm³/mol. The summed E-state index contributed by atoms with van der Waals surface area (Å²) in [5, 5.41) is 12.7. The lowest BCUT2D eigenvalue weighted by molar-refractivity contribution is -0.274. The first-order valence-electron chi connectivity index (χ1n) is 11.1. The first kappa shape index (κ1) is 24.9. The van der Waals surface area contributed by atoms with Crippen molar-refractivity contribution in [2.45, 2.75) is 44.8 Å². The van der Waals surface area contributed by atoms with Crippen molar-refractivity contribution < 1.29 is 27.8 Å². The summed E-state index contributed by atoms with van der Waals surface area (Å²) in [7, 11) is 0. The number of carbonyl (C=O) groups excluding carboxylic acids is 1. The predicted octanol–water partition coefficient (Wildman–Crippen LogP) is 7.01. The Hall–Kier alpha value is -3.23. The van der Waals surface area contributed by atoms with Crippen LogP contribution in [0.1, 0.15) is 30.9 Å². The maximum atomic E-state index is 13.9.